The Hall–Kier alpha value is -0.610. The maximum atomic E-state index is 11.0. The Balaban J connectivity index is 2.10. The van der Waals surface area contributed by atoms with Gasteiger partial charge in [0.15, 0.2) is 0 Å². The van der Waals surface area contributed by atoms with Gasteiger partial charge in [-0.15, -0.1) is 0 Å². The number of nitrogens with zero attached hydrogens (tertiary/aromatic N) is 1. The molecule has 0 radical (unpaired) electrons. The number of hydrogen-bond donors (Lipinski definition) is 2. The number of likely N-dealkylation sites (tertiary alicyclic amines) is 1. The highest BCUT2D eigenvalue weighted by Crippen LogP contribution is 2.46. The molecule has 16 heavy (non-hydrogen) atoms. The zero-order chi connectivity index (χ0) is 11.8. The first-order valence-corrected chi connectivity index (χ1v) is 6.17. The summed E-state index contributed by atoms with van der Waals surface area (Å²) in [6, 6.07) is -0.422. The van der Waals surface area contributed by atoms with Crippen LogP contribution in [-0.2, 0) is 4.79 Å². The zero-order valence-electron chi connectivity index (χ0n) is 9.85. The van der Waals surface area contributed by atoms with Gasteiger partial charge >= 0.3 is 5.97 Å². The van der Waals surface area contributed by atoms with Gasteiger partial charge in [0.2, 0.25) is 0 Å². The molecule has 0 aromatic heterocycles. The Morgan fingerprint density at radius 1 is 1.56 bits per heavy atom. The van der Waals surface area contributed by atoms with Crippen LogP contribution in [0.2, 0.25) is 0 Å². The highest BCUT2D eigenvalue weighted by molar-refractivity contribution is 5.72. The van der Waals surface area contributed by atoms with Crippen molar-refractivity contribution in [3.63, 3.8) is 0 Å². The van der Waals surface area contributed by atoms with E-state index < -0.39 is 12.0 Å². The van der Waals surface area contributed by atoms with Crippen molar-refractivity contribution >= 4 is 5.97 Å². The van der Waals surface area contributed by atoms with Crippen molar-refractivity contribution in [2.45, 2.75) is 38.6 Å². The minimum Gasteiger partial charge on any atom is -0.480 e. The van der Waals surface area contributed by atoms with Crippen LogP contribution in [0.3, 0.4) is 0 Å². The summed E-state index contributed by atoms with van der Waals surface area (Å²) in [7, 11) is 0. The van der Waals surface area contributed by atoms with Gasteiger partial charge in [-0.3, -0.25) is 9.69 Å². The van der Waals surface area contributed by atoms with Gasteiger partial charge in [-0.25, -0.2) is 0 Å². The van der Waals surface area contributed by atoms with Crippen LogP contribution in [0.4, 0.5) is 0 Å². The smallest absolute Gasteiger partial charge is 0.320 e. The van der Waals surface area contributed by atoms with E-state index >= 15 is 0 Å². The summed E-state index contributed by atoms with van der Waals surface area (Å²) < 4.78 is 0. The normalized spacial score (nSPS) is 37.0. The van der Waals surface area contributed by atoms with Gasteiger partial charge in [0, 0.05) is 18.5 Å². The second-order valence-electron chi connectivity index (χ2n) is 5.41. The van der Waals surface area contributed by atoms with Crippen LogP contribution in [0, 0.1) is 11.3 Å². The summed E-state index contributed by atoms with van der Waals surface area (Å²) in [6.45, 7) is 3.54. The number of carboxylic acid groups (broad SMARTS) is 1. The third-order valence-corrected chi connectivity index (χ3v) is 4.54. The molecule has 0 spiro atoms. The molecule has 3 atom stereocenters. The topological polar surface area (TPSA) is 60.8 Å². The van der Waals surface area contributed by atoms with E-state index in [-0.39, 0.29) is 12.0 Å². The van der Waals surface area contributed by atoms with Crippen molar-refractivity contribution in [1.82, 2.24) is 4.90 Å². The zero-order valence-corrected chi connectivity index (χ0v) is 9.85. The fraction of sp³-hybridized carbons (Fsp3) is 0.917. The number of hydrogen-bond acceptors (Lipinski definition) is 3. The van der Waals surface area contributed by atoms with Gasteiger partial charge in [-0.2, -0.15) is 0 Å². The molecular weight excluding hydrogens is 206 g/mol. The fourth-order valence-corrected chi connectivity index (χ4v) is 3.33. The number of carbonyl (C=O) groups is 1. The monoisotopic (exact) mass is 227 g/mol. The molecule has 1 saturated carbocycles. The average molecular weight is 227 g/mol. The minimum atomic E-state index is -0.758. The SMILES string of the molecule is C[C@H](C(=O)O)N1C[C@H]2CCCC[C@]2(CO)C1. The van der Waals surface area contributed by atoms with E-state index in [0.29, 0.717) is 5.92 Å². The van der Waals surface area contributed by atoms with E-state index in [0.717, 1.165) is 25.9 Å². The molecule has 1 aliphatic carbocycles. The number of rotatable bonds is 3. The number of aliphatic hydroxyl groups excluding tert-OH is 1. The molecule has 1 heterocycles. The van der Waals surface area contributed by atoms with E-state index in [1.54, 1.807) is 6.92 Å². The molecule has 0 unspecified atom stereocenters. The summed E-state index contributed by atoms with van der Waals surface area (Å²) in [5, 5.41) is 18.6. The maximum absolute atomic E-state index is 11.0. The van der Waals surface area contributed by atoms with Crippen molar-refractivity contribution in [3.8, 4) is 0 Å². The first-order chi connectivity index (χ1) is 7.59. The predicted octanol–water partition coefficient (Wildman–Crippen LogP) is 0.944. The molecule has 1 saturated heterocycles. The summed E-state index contributed by atoms with van der Waals surface area (Å²) in [5.74, 6) is -0.264. The van der Waals surface area contributed by atoms with Gasteiger partial charge < -0.3 is 10.2 Å². The molecule has 4 nitrogen and oxygen atoms in total. The summed E-state index contributed by atoms with van der Waals surface area (Å²) >= 11 is 0. The molecular formula is C12H21NO3. The lowest BCUT2D eigenvalue weighted by Crippen LogP contribution is -2.40. The Kier molecular flexibility index (Phi) is 3.22. The summed E-state index contributed by atoms with van der Waals surface area (Å²) in [6.07, 6.45) is 4.59. The molecule has 0 aromatic rings. The van der Waals surface area contributed by atoms with Crippen LogP contribution < -0.4 is 0 Å². The highest BCUT2D eigenvalue weighted by Gasteiger charge is 2.48. The Bertz CT molecular complexity index is 281. The third-order valence-electron chi connectivity index (χ3n) is 4.54. The van der Waals surface area contributed by atoms with Crippen molar-refractivity contribution < 1.29 is 15.0 Å². The maximum Gasteiger partial charge on any atom is 0.320 e. The lowest BCUT2D eigenvalue weighted by molar-refractivity contribution is -0.142. The highest BCUT2D eigenvalue weighted by atomic mass is 16.4. The van der Waals surface area contributed by atoms with Gasteiger partial charge in [-0.05, 0) is 25.7 Å². The first kappa shape index (κ1) is 11.9. The standard InChI is InChI=1S/C12H21NO3/c1-9(11(15)16)13-6-10-4-2-3-5-12(10,7-13)8-14/h9-10,14H,2-8H2,1H3,(H,15,16)/t9-,10-,12-/m1/s1. The molecule has 2 fully saturated rings. The second-order valence-corrected chi connectivity index (χ2v) is 5.41. The van der Waals surface area contributed by atoms with Gasteiger partial charge in [0.25, 0.3) is 0 Å². The van der Waals surface area contributed by atoms with Crippen LogP contribution in [0.25, 0.3) is 0 Å². The van der Waals surface area contributed by atoms with Crippen molar-refractivity contribution in [2.24, 2.45) is 11.3 Å². The van der Waals surface area contributed by atoms with Gasteiger partial charge in [0.05, 0.1) is 6.61 Å². The second kappa shape index (κ2) is 4.34. The molecule has 92 valence electrons. The summed E-state index contributed by atoms with van der Waals surface area (Å²) in [4.78, 5) is 13.0. The number of aliphatic carboxylic acids is 1. The van der Waals surface area contributed by atoms with E-state index in [4.69, 9.17) is 5.11 Å². The predicted molar refractivity (Wildman–Crippen MR) is 60.1 cm³/mol. The average Bonchev–Trinajstić information content (AvgIpc) is 2.67. The van der Waals surface area contributed by atoms with Crippen molar-refractivity contribution in [1.29, 1.82) is 0 Å². The Morgan fingerprint density at radius 2 is 2.31 bits per heavy atom. The van der Waals surface area contributed by atoms with E-state index in [9.17, 15) is 9.90 Å². The number of aliphatic hydroxyl groups is 1. The van der Waals surface area contributed by atoms with Crippen molar-refractivity contribution in [3.05, 3.63) is 0 Å². The lowest BCUT2D eigenvalue weighted by atomic mass is 9.69. The minimum absolute atomic E-state index is 0.0119. The van der Waals surface area contributed by atoms with Gasteiger partial charge in [0.1, 0.15) is 6.04 Å². The molecule has 1 aliphatic heterocycles. The quantitative estimate of drug-likeness (QED) is 0.753. The van der Waals surface area contributed by atoms with E-state index in [1.807, 2.05) is 4.90 Å². The summed E-state index contributed by atoms with van der Waals surface area (Å²) in [5.41, 5.74) is -0.0119. The van der Waals surface area contributed by atoms with Crippen molar-refractivity contribution in [2.75, 3.05) is 19.7 Å². The van der Waals surface area contributed by atoms with Crippen LogP contribution in [0.5, 0.6) is 0 Å². The fourth-order valence-electron chi connectivity index (χ4n) is 3.33. The van der Waals surface area contributed by atoms with Crippen LogP contribution in [0.1, 0.15) is 32.6 Å². The number of carboxylic acids is 1. The largest absolute Gasteiger partial charge is 0.480 e. The molecule has 4 heteroatoms. The molecule has 0 aromatic carbocycles. The van der Waals surface area contributed by atoms with E-state index in [1.165, 1.54) is 12.8 Å². The lowest BCUT2D eigenvalue weighted by Gasteiger charge is -2.37. The van der Waals surface area contributed by atoms with E-state index in [2.05, 4.69) is 0 Å². The Labute approximate surface area is 96.3 Å². The molecule has 0 bridgehead atoms. The first-order valence-electron chi connectivity index (χ1n) is 6.17. The van der Waals surface area contributed by atoms with Gasteiger partial charge in [-0.1, -0.05) is 12.8 Å². The molecule has 2 aliphatic rings. The Morgan fingerprint density at radius 3 is 2.88 bits per heavy atom. The van der Waals surface area contributed by atoms with Crippen LogP contribution in [0.15, 0.2) is 0 Å². The van der Waals surface area contributed by atoms with Crippen LogP contribution >= 0.6 is 0 Å². The molecule has 2 N–H and O–H groups in total. The molecule has 0 amide bonds. The third kappa shape index (κ3) is 1.84. The molecule has 2 rings (SSSR count). The number of fused-ring (bicyclic) bond motifs is 1. The van der Waals surface area contributed by atoms with Crippen LogP contribution in [-0.4, -0.2) is 46.8 Å².